The van der Waals surface area contributed by atoms with E-state index in [1.54, 1.807) is 12.1 Å². The quantitative estimate of drug-likeness (QED) is 0.231. The molecule has 6 aliphatic heterocycles. The van der Waals surface area contributed by atoms with Gasteiger partial charge in [0, 0.05) is 106 Å². The Bertz CT molecular complexity index is 2250. The Morgan fingerprint density at radius 2 is 1.42 bits per heavy atom. The SMILES string of the molecule is [C-]#[N+]c1ccc(N2CCC3(CCN(C(=O)c4ccc(N5CCN(CC6CCN(c7ccc8c(c7)C(=O)N(C7CCC(=O)NC7=O)C8=O)CC6)CC5)cc4)CC3)C2C)cc1Cl. The van der Waals surface area contributed by atoms with Crippen LogP contribution < -0.4 is 20.0 Å². The van der Waals surface area contributed by atoms with Gasteiger partial charge < -0.3 is 19.6 Å². The molecule has 5 amide bonds. The van der Waals surface area contributed by atoms with E-state index in [0.29, 0.717) is 33.8 Å². The van der Waals surface area contributed by atoms with Gasteiger partial charge in [0.15, 0.2) is 0 Å². The van der Waals surface area contributed by atoms with Crippen LogP contribution in [-0.2, 0) is 9.59 Å². The average molecular weight is 831 g/mol. The van der Waals surface area contributed by atoms with Gasteiger partial charge in [-0.2, -0.15) is 0 Å². The van der Waals surface area contributed by atoms with E-state index in [1.807, 2.05) is 41.3 Å². The number of rotatable bonds is 7. The molecule has 6 aliphatic rings. The zero-order valence-electron chi connectivity index (χ0n) is 34.1. The summed E-state index contributed by atoms with van der Waals surface area (Å²) in [5.41, 5.74) is 5.12. The molecular formula is C46H51ClN8O5. The molecule has 3 aromatic carbocycles. The molecular weight excluding hydrogens is 780 g/mol. The molecule has 1 N–H and O–H groups in total. The molecule has 0 radical (unpaired) electrons. The highest BCUT2D eigenvalue weighted by atomic mass is 35.5. The maximum atomic E-state index is 13.6. The Kier molecular flexibility index (Phi) is 10.8. The van der Waals surface area contributed by atoms with Crippen LogP contribution in [-0.4, -0.2) is 122 Å². The van der Waals surface area contributed by atoms with Gasteiger partial charge in [-0.05, 0) is 111 Å². The number of piperazine rings is 1. The number of halogens is 1. The second kappa shape index (κ2) is 16.2. The molecule has 9 rings (SSSR count). The third-order valence-electron chi connectivity index (χ3n) is 14.4. The molecule has 312 valence electrons. The Hall–Kier alpha value is -5.45. The molecule has 0 aliphatic carbocycles. The fourth-order valence-corrected chi connectivity index (χ4v) is 10.8. The van der Waals surface area contributed by atoms with E-state index >= 15 is 0 Å². The van der Waals surface area contributed by atoms with E-state index in [1.165, 1.54) is 0 Å². The van der Waals surface area contributed by atoms with Gasteiger partial charge in [-0.25, -0.2) is 4.85 Å². The van der Waals surface area contributed by atoms with Gasteiger partial charge in [0.2, 0.25) is 17.5 Å². The third kappa shape index (κ3) is 7.38. The number of likely N-dealkylation sites (tertiary alicyclic amines) is 1. The number of imide groups is 2. The first kappa shape index (κ1) is 40.0. The first-order valence-corrected chi connectivity index (χ1v) is 21.8. The van der Waals surface area contributed by atoms with Gasteiger partial charge in [0.1, 0.15) is 6.04 Å². The van der Waals surface area contributed by atoms with Gasteiger partial charge in [-0.3, -0.25) is 39.1 Å². The smallest absolute Gasteiger partial charge is 0.262 e. The molecule has 5 saturated heterocycles. The summed E-state index contributed by atoms with van der Waals surface area (Å²) in [6.45, 7) is 18.7. The summed E-state index contributed by atoms with van der Waals surface area (Å²) < 4.78 is 0. The molecule has 5 fully saturated rings. The van der Waals surface area contributed by atoms with Crippen molar-refractivity contribution in [3.63, 3.8) is 0 Å². The van der Waals surface area contributed by atoms with Gasteiger partial charge in [0.05, 0.1) is 17.7 Å². The Labute approximate surface area is 356 Å². The summed E-state index contributed by atoms with van der Waals surface area (Å²) in [4.78, 5) is 80.4. The normalized spacial score (nSPS) is 23.6. The van der Waals surface area contributed by atoms with E-state index < -0.39 is 23.8 Å². The maximum Gasteiger partial charge on any atom is 0.262 e. The highest BCUT2D eigenvalue weighted by molar-refractivity contribution is 6.33. The summed E-state index contributed by atoms with van der Waals surface area (Å²) in [6.07, 6.45) is 5.34. The molecule has 14 heteroatoms. The molecule has 2 atom stereocenters. The second-order valence-electron chi connectivity index (χ2n) is 17.5. The van der Waals surface area contributed by atoms with Crippen LogP contribution in [0.5, 0.6) is 0 Å². The number of hydrogen-bond donors (Lipinski definition) is 1. The van der Waals surface area contributed by atoms with Gasteiger partial charge in [-0.1, -0.05) is 17.7 Å². The van der Waals surface area contributed by atoms with Crippen LogP contribution in [0, 0.1) is 17.9 Å². The van der Waals surface area contributed by atoms with Crippen LogP contribution in [0.2, 0.25) is 5.02 Å². The zero-order valence-corrected chi connectivity index (χ0v) is 34.8. The number of anilines is 3. The van der Waals surface area contributed by atoms with Crippen LogP contribution in [0.1, 0.15) is 82.9 Å². The second-order valence-corrected chi connectivity index (χ2v) is 17.9. The number of amides is 5. The number of benzene rings is 3. The number of carbonyl (C=O) groups excluding carboxylic acids is 5. The van der Waals surface area contributed by atoms with Crippen molar-refractivity contribution in [3.8, 4) is 0 Å². The van der Waals surface area contributed by atoms with Crippen LogP contribution in [0.3, 0.4) is 0 Å². The predicted molar refractivity (Wildman–Crippen MR) is 230 cm³/mol. The molecule has 60 heavy (non-hydrogen) atoms. The van der Waals surface area contributed by atoms with Crippen molar-refractivity contribution in [2.24, 2.45) is 11.3 Å². The zero-order chi connectivity index (χ0) is 41.7. The molecule has 0 bridgehead atoms. The Morgan fingerprint density at radius 3 is 2.10 bits per heavy atom. The number of piperidine rings is 3. The van der Waals surface area contributed by atoms with Crippen molar-refractivity contribution < 1.29 is 24.0 Å². The lowest BCUT2D eigenvalue weighted by atomic mass is 9.73. The Morgan fingerprint density at radius 1 is 0.767 bits per heavy atom. The van der Waals surface area contributed by atoms with Crippen molar-refractivity contribution >= 4 is 63.9 Å². The molecule has 0 aromatic heterocycles. The third-order valence-corrected chi connectivity index (χ3v) is 14.7. The molecule has 0 saturated carbocycles. The van der Waals surface area contributed by atoms with Crippen molar-refractivity contribution in [2.45, 2.75) is 64.0 Å². The van der Waals surface area contributed by atoms with Crippen molar-refractivity contribution in [3.05, 3.63) is 93.8 Å². The molecule has 6 heterocycles. The molecule has 3 aromatic rings. The van der Waals surface area contributed by atoms with Crippen LogP contribution >= 0.6 is 11.6 Å². The molecule has 1 spiro atoms. The van der Waals surface area contributed by atoms with E-state index in [2.05, 4.69) is 48.8 Å². The number of carbonyl (C=O) groups is 5. The largest absolute Gasteiger partial charge is 0.371 e. The van der Waals surface area contributed by atoms with Crippen LogP contribution in [0.15, 0.2) is 60.7 Å². The monoisotopic (exact) mass is 830 g/mol. The minimum absolute atomic E-state index is 0.0970. The number of fused-ring (bicyclic) bond motifs is 1. The van der Waals surface area contributed by atoms with E-state index in [9.17, 15) is 24.0 Å². The highest BCUT2D eigenvalue weighted by Crippen LogP contribution is 2.47. The van der Waals surface area contributed by atoms with E-state index in [0.717, 1.165) is 125 Å². The van der Waals surface area contributed by atoms with Crippen LogP contribution in [0.25, 0.3) is 4.85 Å². The number of nitrogens with zero attached hydrogens (tertiary/aromatic N) is 7. The summed E-state index contributed by atoms with van der Waals surface area (Å²) in [7, 11) is 0. The number of nitrogens with one attached hydrogen (secondary N) is 1. The van der Waals surface area contributed by atoms with E-state index in [-0.39, 0.29) is 30.1 Å². The number of hydrogen-bond acceptors (Lipinski definition) is 9. The first-order chi connectivity index (χ1) is 29.0. The summed E-state index contributed by atoms with van der Waals surface area (Å²) in [6, 6.07) is 18.6. The Balaban J connectivity index is 0.719. The fraction of sp³-hybridized carbons (Fsp3) is 0.478. The van der Waals surface area contributed by atoms with Crippen molar-refractivity contribution in [1.29, 1.82) is 0 Å². The highest BCUT2D eigenvalue weighted by Gasteiger charge is 2.48. The lowest BCUT2D eigenvalue weighted by molar-refractivity contribution is -0.136. The lowest BCUT2D eigenvalue weighted by Crippen LogP contribution is -2.54. The molecule has 2 unspecified atom stereocenters. The fourth-order valence-electron chi connectivity index (χ4n) is 10.6. The summed E-state index contributed by atoms with van der Waals surface area (Å²) >= 11 is 6.38. The van der Waals surface area contributed by atoms with Crippen LogP contribution in [0.4, 0.5) is 22.7 Å². The maximum absolute atomic E-state index is 13.6. The molecule has 13 nitrogen and oxygen atoms in total. The lowest BCUT2D eigenvalue weighted by Gasteiger charge is -2.43. The first-order valence-electron chi connectivity index (χ1n) is 21.4. The van der Waals surface area contributed by atoms with Gasteiger partial charge >= 0.3 is 0 Å². The average Bonchev–Trinajstić information content (AvgIpc) is 3.71. The van der Waals surface area contributed by atoms with E-state index in [4.69, 9.17) is 18.2 Å². The topological polar surface area (TPSA) is 121 Å². The van der Waals surface area contributed by atoms with Crippen molar-refractivity contribution in [2.75, 3.05) is 80.1 Å². The van der Waals surface area contributed by atoms with Crippen molar-refractivity contribution in [1.82, 2.24) is 20.0 Å². The standard InChI is InChI=1S/C46H51ClN8O5/c1-30-46(17-22-54(30)35-8-10-39(48-2)38(47)28-35)15-20-53(21-16-46)43(58)32-3-5-33(6-4-32)52-25-23-50(24-26-52)29-31-13-18-51(19-14-31)34-7-9-36-37(27-34)45(60)55(44(36)59)40-11-12-41(56)49-42(40)57/h3-10,27-28,30-31,40H,11-26,29H2,1H3,(H,49,56,57). The summed E-state index contributed by atoms with van der Waals surface area (Å²) in [5.74, 6) is -1.27. The van der Waals surface area contributed by atoms with Gasteiger partial charge in [0.25, 0.3) is 17.7 Å². The van der Waals surface area contributed by atoms with Gasteiger partial charge in [-0.15, -0.1) is 0 Å². The summed E-state index contributed by atoms with van der Waals surface area (Å²) in [5, 5.41) is 2.75. The minimum atomic E-state index is -0.966. The predicted octanol–water partition coefficient (Wildman–Crippen LogP) is 5.85. The minimum Gasteiger partial charge on any atom is -0.371 e.